The maximum Gasteiger partial charge on any atom is 0.274 e. The lowest BCUT2D eigenvalue weighted by Gasteiger charge is -2.38. The maximum atomic E-state index is 12.8. The van der Waals surface area contributed by atoms with Gasteiger partial charge in [0.15, 0.2) is 0 Å². The molecule has 3 rings (SSSR count). The minimum atomic E-state index is -0.207. The second kappa shape index (κ2) is 6.97. The molecule has 6 heteroatoms. The SMILES string of the molecule is CC1CN(C)CCN1C(=O)c1ccc(=O)n(Cc2ccccc2)n1. The van der Waals surface area contributed by atoms with Crippen molar-refractivity contribution in [2.24, 2.45) is 0 Å². The molecule has 0 saturated carbocycles. The molecule has 0 radical (unpaired) electrons. The molecule has 1 unspecified atom stereocenters. The summed E-state index contributed by atoms with van der Waals surface area (Å²) in [5.74, 6) is -0.114. The molecule has 24 heavy (non-hydrogen) atoms. The van der Waals surface area contributed by atoms with Crippen molar-refractivity contribution in [1.82, 2.24) is 19.6 Å². The average molecular weight is 326 g/mol. The van der Waals surface area contributed by atoms with E-state index in [9.17, 15) is 9.59 Å². The van der Waals surface area contributed by atoms with E-state index in [2.05, 4.69) is 17.0 Å². The van der Waals surface area contributed by atoms with E-state index in [1.165, 1.54) is 16.8 Å². The summed E-state index contributed by atoms with van der Waals surface area (Å²) in [6.45, 7) is 4.76. The number of piperazine rings is 1. The van der Waals surface area contributed by atoms with Crippen LogP contribution in [-0.2, 0) is 6.54 Å². The third-order valence-electron chi connectivity index (χ3n) is 4.35. The number of likely N-dealkylation sites (N-methyl/N-ethyl adjacent to an activating group) is 1. The highest BCUT2D eigenvalue weighted by atomic mass is 16.2. The summed E-state index contributed by atoms with van der Waals surface area (Å²) < 4.78 is 1.35. The topological polar surface area (TPSA) is 58.4 Å². The lowest BCUT2D eigenvalue weighted by molar-refractivity contribution is 0.0525. The number of hydrogen-bond donors (Lipinski definition) is 0. The van der Waals surface area contributed by atoms with Gasteiger partial charge >= 0.3 is 0 Å². The molecular weight excluding hydrogens is 304 g/mol. The lowest BCUT2D eigenvalue weighted by Crippen LogP contribution is -2.53. The number of carbonyl (C=O) groups excluding carboxylic acids is 1. The zero-order chi connectivity index (χ0) is 17.1. The third-order valence-corrected chi connectivity index (χ3v) is 4.35. The molecule has 1 fully saturated rings. The number of hydrogen-bond acceptors (Lipinski definition) is 4. The van der Waals surface area contributed by atoms with Crippen LogP contribution in [0.5, 0.6) is 0 Å². The molecule has 2 heterocycles. The van der Waals surface area contributed by atoms with Crippen molar-refractivity contribution in [3.05, 3.63) is 64.1 Å². The van der Waals surface area contributed by atoms with Gasteiger partial charge in [0, 0.05) is 31.7 Å². The Labute approximate surface area is 141 Å². The fourth-order valence-corrected chi connectivity index (χ4v) is 3.02. The second-order valence-electron chi connectivity index (χ2n) is 6.31. The zero-order valence-electron chi connectivity index (χ0n) is 14.1. The molecule has 1 atom stereocenters. The van der Waals surface area contributed by atoms with E-state index in [1.807, 2.05) is 42.2 Å². The van der Waals surface area contributed by atoms with Crippen molar-refractivity contribution < 1.29 is 4.79 Å². The van der Waals surface area contributed by atoms with E-state index in [4.69, 9.17) is 0 Å². The third kappa shape index (κ3) is 3.54. The Balaban J connectivity index is 1.83. The first-order valence-electron chi connectivity index (χ1n) is 8.16. The molecule has 0 N–H and O–H groups in total. The molecule has 126 valence electrons. The molecule has 1 aromatic heterocycles. The van der Waals surface area contributed by atoms with Gasteiger partial charge in [0.2, 0.25) is 0 Å². The van der Waals surface area contributed by atoms with Crippen LogP contribution in [0, 0.1) is 0 Å². The Bertz CT molecular complexity index is 772. The van der Waals surface area contributed by atoms with Crippen molar-refractivity contribution in [3.8, 4) is 0 Å². The van der Waals surface area contributed by atoms with Gasteiger partial charge in [-0.1, -0.05) is 30.3 Å². The zero-order valence-corrected chi connectivity index (χ0v) is 14.1. The standard InChI is InChI=1S/C18H22N4O2/c1-14-12-20(2)10-11-21(14)18(24)16-8-9-17(23)22(19-16)13-15-6-4-3-5-7-15/h3-9,14H,10-13H2,1-2H3. The first-order chi connectivity index (χ1) is 11.5. The second-order valence-corrected chi connectivity index (χ2v) is 6.31. The largest absolute Gasteiger partial charge is 0.332 e. The van der Waals surface area contributed by atoms with Crippen molar-refractivity contribution in [2.45, 2.75) is 19.5 Å². The lowest BCUT2D eigenvalue weighted by atomic mass is 10.2. The number of aromatic nitrogens is 2. The van der Waals surface area contributed by atoms with Crippen LogP contribution < -0.4 is 5.56 Å². The number of carbonyl (C=O) groups is 1. The van der Waals surface area contributed by atoms with Crippen LogP contribution in [0.25, 0.3) is 0 Å². The summed E-state index contributed by atoms with van der Waals surface area (Å²) in [6.07, 6.45) is 0. The van der Waals surface area contributed by atoms with E-state index in [1.54, 1.807) is 0 Å². The first kappa shape index (κ1) is 16.4. The van der Waals surface area contributed by atoms with Crippen LogP contribution in [0.15, 0.2) is 47.3 Å². The van der Waals surface area contributed by atoms with E-state index >= 15 is 0 Å². The maximum absolute atomic E-state index is 12.8. The fourth-order valence-electron chi connectivity index (χ4n) is 3.02. The molecule has 0 aliphatic carbocycles. The van der Waals surface area contributed by atoms with Crippen molar-refractivity contribution in [3.63, 3.8) is 0 Å². The smallest absolute Gasteiger partial charge is 0.274 e. The minimum Gasteiger partial charge on any atom is -0.332 e. The van der Waals surface area contributed by atoms with Crippen LogP contribution in [0.1, 0.15) is 23.0 Å². The molecule has 1 aromatic carbocycles. The number of nitrogens with zero attached hydrogens (tertiary/aromatic N) is 4. The van der Waals surface area contributed by atoms with Crippen LogP contribution in [0.4, 0.5) is 0 Å². The molecular formula is C18H22N4O2. The Hall–Kier alpha value is -2.47. The average Bonchev–Trinajstić information content (AvgIpc) is 2.57. The van der Waals surface area contributed by atoms with E-state index in [0.29, 0.717) is 18.8 Å². The van der Waals surface area contributed by atoms with Gasteiger partial charge in [0.05, 0.1) is 6.54 Å². The predicted octanol–water partition coefficient (Wildman–Crippen LogP) is 1.07. The molecule has 0 spiro atoms. The number of rotatable bonds is 3. The van der Waals surface area contributed by atoms with Gasteiger partial charge in [-0.25, -0.2) is 4.68 Å². The summed E-state index contributed by atoms with van der Waals surface area (Å²) in [7, 11) is 2.05. The summed E-state index contributed by atoms with van der Waals surface area (Å²) in [5.41, 5.74) is 1.09. The predicted molar refractivity (Wildman–Crippen MR) is 92.0 cm³/mol. The Morgan fingerprint density at radius 2 is 1.92 bits per heavy atom. The molecule has 2 aromatic rings. The van der Waals surface area contributed by atoms with Gasteiger partial charge in [-0.05, 0) is 25.6 Å². The van der Waals surface area contributed by atoms with Crippen molar-refractivity contribution in [2.75, 3.05) is 26.7 Å². The summed E-state index contributed by atoms with van der Waals surface area (Å²) in [4.78, 5) is 28.9. The van der Waals surface area contributed by atoms with Crippen LogP contribution in [0.2, 0.25) is 0 Å². The summed E-state index contributed by atoms with van der Waals surface area (Å²) in [5, 5.41) is 4.30. The quantitative estimate of drug-likeness (QED) is 0.846. The van der Waals surface area contributed by atoms with Gasteiger partial charge < -0.3 is 9.80 Å². The van der Waals surface area contributed by atoms with Gasteiger partial charge in [0.1, 0.15) is 5.69 Å². The molecule has 1 saturated heterocycles. The Morgan fingerprint density at radius 3 is 2.62 bits per heavy atom. The van der Waals surface area contributed by atoms with Crippen LogP contribution in [0.3, 0.4) is 0 Å². The summed E-state index contributed by atoms with van der Waals surface area (Å²) in [6, 6.07) is 12.7. The van der Waals surface area contributed by atoms with Crippen molar-refractivity contribution in [1.29, 1.82) is 0 Å². The highest BCUT2D eigenvalue weighted by Gasteiger charge is 2.27. The number of amides is 1. The molecule has 1 aliphatic heterocycles. The van der Waals surface area contributed by atoms with Crippen molar-refractivity contribution >= 4 is 5.91 Å². The molecule has 0 bridgehead atoms. The van der Waals surface area contributed by atoms with Gasteiger partial charge in [0.25, 0.3) is 11.5 Å². The van der Waals surface area contributed by atoms with Gasteiger partial charge in [-0.15, -0.1) is 0 Å². The van der Waals surface area contributed by atoms with E-state index in [0.717, 1.165) is 18.7 Å². The Kier molecular flexibility index (Phi) is 4.76. The molecule has 1 aliphatic rings. The van der Waals surface area contributed by atoms with Crippen LogP contribution >= 0.6 is 0 Å². The van der Waals surface area contributed by atoms with Crippen LogP contribution in [-0.4, -0.2) is 58.2 Å². The molecule has 6 nitrogen and oxygen atoms in total. The Morgan fingerprint density at radius 1 is 1.17 bits per heavy atom. The van der Waals surface area contributed by atoms with E-state index < -0.39 is 0 Å². The van der Waals surface area contributed by atoms with Gasteiger partial charge in [-0.2, -0.15) is 5.10 Å². The summed E-state index contributed by atoms with van der Waals surface area (Å²) >= 11 is 0. The highest BCUT2D eigenvalue weighted by Crippen LogP contribution is 2.11. The first-order valence-corrected chi connectivity index (χ1v) is 8.16. The van der Waals surface area contributed by atoms with Gasteiger partial charge in [-0.3, -0.25) is 9.59 Å². The normalized spacial score (nSPS) is 18.6. The van der Waals surface area contributed by atoms with E-state index in [-0.39, 0.29) is 17.5 Å². The minimum absolute atomic E-state index is 0.114. The fraction of sp³-hybridized carbons (Fsp3) is 0.389. The number of benzene rings is 1. The molecule has 1 amide bonds. The monoisotopic (exact) mass is 326 g/mol. The highest BCUT2D eigenvalue weighted by molar-refractivity contribution is 5.92.